The van der Waals surface area contributed by atoms with Crippen LogP contribution in [0.4, 0.5) is 5.69 Å². The topological polar surface area (TPSA) is 56.1 Å². The molecular formula is C13H18N2O2. The summed E-state index contributed by atoms with van der Waals surface area (Å²) in [4.78, 5) is 1.92. The van der Waals surface area contributed by atoms with Crippen molar-refractivity contribution in [1.82, 2.24) is 0 Å². The van der Waals surface area contributed by atoms with E-state index in [0.717, 1.165) is 11.3 Å². The SMILES string of the molecule is C=CCc1c(N(C)C)ccc(/C(C)=N/O)c1O. The highest BCUT2D eigenvalue weighted by atomic mass is 16.4. The Hall–Kier alpha value is -1.97. The second kappa shape index (κ2) is 5.39. The molecule has 0 spiro atoms. The summed E-state index contributed by atoms with van der Waals surface area (Å²) in [5.74, 6) is 0.145. The first-order valence-electron chi connectivity index (χ1n) is 5.35. The molecule has 0 saturated carbocycles. The van der Waals surface area contributed by atoms with Gasteiger partial charge >= 0.3 is 0 Å². The second-order valence-corrected chi connectivity index (χ2v) is 4.03. The largest absolute Gasteiger partial charge is 0.507 e. The zero-order chi connectivity index (χ0) is 13.0. The Balaban J connectivity index is 3.43. The fraction of sp³-hybridized carbons (Fsp3) is 0.308. The molecule has 4 heteroatoms. The highest BCUT2D eigenvalue weighted by Crippen LogP contribution is 2.32. The third-order valence-electron chi connectivity index (χ3n) is 2.63. The van der Waals surface area contributed by atoms with Gasteiger partial charge < -0.3 is 15.2 Å². The molecule has 0 saturated heterocycles. The number of hydrogen-bond acceptors (Lipinski definition) is 4. The number of nitrogens with zero attached hydrogens (tertiary/aromatic N) is 2. The number of oxime groups is 1. The van der Waals surface area contributed by atoms with E-state index < -0.39 is 0 Å². The minimum absolute atomic E-state index is 0.145. The summed E-state index contributed by atoms with van der Waals surface area (Å²) in [5, 5.41) is 22.1. The van der Waals surface area contributed by atoms with Crippen LogP contribution in [0.3, 0.4) is 0 Å². The Morgan fingerprint density at radius 2 is 2.12 bits per heavy atom. The first-order valence-corrected chi connectivity index (χ1v) is 5.35. The van der Waals surface area contributed by atoms with Crippen molar-refractivity contribution in [2.24, 2.45) is 5.16 Å². The molecule has 4 nitrogen and oxygen atoms in total. The quantitative estimate of drug-likeness (QED) is 0.364. The van der Waals surface area contributed by atoms with E-state index in [1.807, 2.05) is 25.1 Å². The van der Waals surface area contributed by atoms with Gasteiger partial charge in [0.1, 0.15) is 5.75 Å². The van der Waals surface area contributed by atoms with Crippen LogP contribution >= 0.6 is 0 Å². The van der Waals surface area contributed by atoms with Crippen molar-refractivity contribution in [3.63, 3.8) is 0 Å². The summed E-state index contributed by atoms with van der Waals surface area (Å²) in [7, 11) is 3.82. The number of phenolic OH excluding ortho intramolecular Hbond substituents is 1. The molecule has 0 aliphatic heterocycles. The average molecular weight is 234 g/mol. The molecule has 17 heavy (non-hydrogen) atoms. The molecule has 1 aromatic carbocycles. The van der Waals surface area contributed by atoms with Crippen molar-refractivity contribution >= 4 is 11.4 Å². The standard InChI is InChI=1S/C13H18N2O2/c1-5-6-11-12(15(3)4)8-7-10(13(11)16)9(2)14-17/h5,7-8,16-17H,1,6H2,2-4H3/b14-9+. The minimum atomic E-state index is 0.145. The molecule has 0 bridgehead atoms. The van der Waals surface area contributed by atoms with Gasteiger partial charge in [-0.25, -0.2) is 0 Å². The molecule has 0 heterocycles. The van der Waals surface area contributed by atoms with Crippen LogP contribution in [0.1, 0.15) is 18.1 Å². The van der Waals surface area contributed by atoms with Gasteiger partial charge in [-0.3, -0.25) is 0 Å². The van der Waals surface area contributed by atoms with Gasteiger partial charge in [0.15, 0.2) is 0 Å². The molecule has 0 aliphatic carbocycles. The highest BCUT2D eigenvalue weighted by Gasteiger charge is 2.14. The summed E-state index contributed by atoms with van der Waals surface area (Å²) < 4.78 is 0. The van der Waals surface area contributed by atoms with Crippen molar-refractivity contribution in [1.29, 1.82) is 0 Å². The zero-order valence-corrected chi connectivity index (χ0v) is 10.4. The summed E-state index contributed by atoms with van der Waals surface area (Å²) in [6, 6.07) is 3.63. The molecular weight excluding hydrogens is 216 g/mol. The third-order valence-corrected chi connectivity index (χ3v) is 2.63. The molecule has 0 unspecified atom stereocenters. The van der Waals surface area contributed by atoms with E-state index in [4.69, 9.17) is 5.21 Å². The van der Waals surface area contributed by atoms with Crippen LogP contribution in [0.2, 0.25) is 0 Å². The molecule has 0 aromatic heterocycles. The van der Waals surface area contributed by atoms with E-state index in [2.05, 4.69) is 11.7 Å². The maximum absolute atomic E-state index is 10.2. The summed E-state index contributed by atoms with van der Waals surface area (Å²) in [6.07, 6.45) is 2.29. The number of allylic oxidation sites excluding steroid dienone is 1. The van der Waals surface area contributed by atoms with Crippen molar-refractivity contribution in [2.75, 3.05) is 19.0 Å². The number of hydrogen-bond donors (Lipinski definition) is 2. The molecule has 0 radical (unpaired) electrons. The van der Waals surface area contributed by atoms with Crippen molar-refractivity contribution in [3.8, 4) is 5.75 Å². The monoisotopic (exact) mass is 234 g/mol. The molecule has 1 rings (SSSR count). The lowest BCUT2D eigenvalue weighted by atomic mass is 10.0. The predicted octanol–water partition coefficient (Wildman–Crippen LogP) is 2.38. The molecule has 1 aromatic rings. The van der Waals surface area contributed by atoms with Gasteiger partial charge in [0, 0.05) is 30.9 Å². The lowest BCUT2D eigenvalue weighted by Gasteiger charge is -2.19. The molecule has 0 aliphatic rings. The van der Waals surface area contributed by atoms with Gasteiger partial charge in [0.2, 0.25) is 0 Å². The lowest BCUT2D eigenvalue weighted by molar-refractivity contribution is 0.318. The normalized spacial score (nSPS) is 11.4. The van der Waals surface area contributed by atoms with Crippen LogP contribution in [-0.4, -0.2) is 30.1 Å². The molecule has 2 N–H and O–H groups in total. The van der Waals surface area contributed by atoms with Crippen molar-refractivity contribution < 1.29 is 10.3 Å². The van der Waals surface area contributed by atoms with Gasteiger partial charge in [-0.15, -0.1) is 6.58 Å². The molecule has 0 fully saturated rings. The number of anilines is 1. The number of benzene rings is 1. The smallest absolute Gasteiger partial charge is 0.130 e. The number of rotatable bonds is 4. The Kier molecular flexibility index (Phi) is 4.15. The lowest BCUT2D eigenvalue weighted by Crippen LogP contribution is -2.12. The van der Waals surface area contributed by atoms with Crippen LogP contribution in [0, 0.1) is 0 Å². The third kappa shape index (κ3) is 2.58. The van der Waals surface area contributed by atoms with Gasteiger partial charge in [-0.1, -0.05) is 11.2 Å². The van der Waals surface area contributed by atoms with Crippen molar-refractivity contribution in [3.05, 3.63) is 35.9 Å². The fourth-order valence-corrected chi connectivity index (χ4v) is 1.74. The van der Waals surface area contributed by atoms with Crippen LogP contribution in [0.15, 0.2) is 29.9 Å². The number of aromatic hydroxyl groups is 1. The Morgan fingerprint density at radius 1 is 1.47 bits per heavy atom. The van der Waals surface area contributed by atoms with Crippen LogP contribution in [0.25, 0.3) is 0 Å². The Morgan fingerprint density at radius 3 is 2.59 bits per heavy atom. The van der Waals surface area contributed by atoms with Crippen LogP contribution < -0.4 is 4.90 Å². The van der Waals surface area contributed by atoms with Crippen molar-refractivity contribution in [2.45, 2.75) is 13.3 Å². The van der Waals surface area contributed by atoms with E-state index in [9.17, 15) is 5.11 Å². The van der Waals surface area contributed by atoms with Gasteiger partial charge in [-0.05, 0) is 25.5 Å². The van der Waals surface area contributed by atoms with Crippen LogP contribution in [-0.2, 0) is 6.42 Å². The summed E-state index contributed by atoms with van der Waals surface area (Å²) in [5.41, 5.74) is 2.63. The first-order chi connectivity index (χ1) is 8.02. The van der Waals surface area contributed by atoms with Gasteiger partial charge in [-0.2, -0.15) is 0 Å². The number of phenols is 1. The summed E-state index contributed by atoms with van der Waals surface area (Å²) in [6.45, 7) is 5.32. The molecule has 0 atom stereocenters. The van der Waals surface area contributed by atoms with E-state index in [1.165, 1.54) is 0 Å². The molecule has 92 valence electrons. The average Bonchev–Trinajstić information content (AvgIpc) is 2.30. The highest BCUT2D eigenvalue weighted by molar-refractivity contribution is 6.01. The van der Waals surface area contributed by atoms with E-state index in [1.54, 1.807) is 19.1 Å². The maximum atomic E-state index is 10.2. The zero-order valence-electron chi connectivity index (χ0n) is 10.4. The Labute approximate surface area is 101 Å². The minimum Gasteiger partial charge on any atom is -0.507 e. The first kappa shape index (κ1) is 13.1. The van der Waals surface area contributed by atoms with E-state index in [-0.39, 0.29) is 5.75 Å². The molecule has 0 amide bonds. The summed E-state index contributed by atoms with van der Waals surface area (Å²) >= 11 is 0. The maximum Gasteiger partial charge on any atom is 0.130 e. The fourth-order valence-electron chi connectivity index (χ4n) is 1.74. The predicted molar refractivity (Wildman–Crippen MR) is 70.3 cm³/mol. The van der Waals surface area contributed by atoms with Gasteiger partial charge in [0.25, 0.3) is 0 Å². The second-order valence-electron chi connectivity index (χ2n) is 4.03. The van der Waals surface area contributed by atoms with Crippen LogP contribution in [0.5, 0.6) is 5.75 Å². The van der Waals surface area contributed by atoms with E-state index in [0.29, 0.717) is 17.7 Å². The Bertz CT molecular complexity index is 451. The van der Waals surface area contributed by atoms with E-state index >= 15 is 0 Å². The van der Waals surface area contributed by atoms with Gasteiger partial charge in [0.05, 0.1) is 5.71 Å².